The quantitative estimate of drug-likeness (QED) is 0.214. The van der Waals surface area contributed by atoms with Crippen LogP contribution in [0.25, 0.3) is 10.9 Å². The Morgan fingerprint density at radius 3 is 2.64 bits per heavy atom. The molecule has 3 amide bonds. The fourth-order valence-electron chi connectivity index (χ4n) is 3.30. The number of hydrogen-bond acceptors (Lipinski definition) is 8. The van der Waals surface area contributed by atoms with Gasteiger partial charge in [0.1, 0.15) is 6.04 Å². The second-order valence-electron chi connectivity index (χ2n) is 7.56. The van der Waals surface area contributed by atoms with Gasteiger partial charge in [-0.15, -0.1) is 0 Å². The third-order valence-electron chi connectivity index (χ3n) is 4.95. The van der Waals surface area contributed by atoms with Gasteiger partial charge in [-0.2, -0.15) is 4.98 Å². The number of urea groups is 1. The van der Waals surface area contributed by atoms with Gasteiger partial charge in [-0.05, 0) is 25.0 Å². The fraction of sp³-hybridized carbons (Fsp3) is 0.350. The van der Waals surface area contributed by atoms with Crippen LogP contribution in [0.1, 0.15) is 42.7 Å². The Labute approximate surface area is 187 Å². The van der Waals surface area contributed by atoms with Crippen molar-refractivity contribution in [1.82, 2.24) is 25.8 Å². The summed E-state index contributed by atoms with van der Waals surface area (Å²) in [5.74, 6) is -2.18. The second-order valence-corrected chi connectivity index (χ2v) is 7.56. The molecular weight excluding hydrogens is 434 g/mol. The molecule has 0 fully saturated rings. The summed E-state index contributed by atoms with van der Waals surface area (Å²) in [7, 11) is 0. The lowest BCUT2D eigenvalue weighted by Crippen LogP contribution is -2.52. The standard InChI is InChI=1S/C20H25N7O6/c1-9(28)16(19(30)31)25-20(32)24-14(7-15(22)29)18-26-17(27-33-18)12(21)6-10-8-23-13-5-3-2-4-11(10)13/h2-5,8-9,12,14,16,23,28H,6-7,21H2,1H3,(H2,22,29)(H,30,31)(H2,24,25,32)/t9-,12+,14+,16+/m1/s1. The van der Waals surface area contributed by atoms with E-state index in [2.05, 4.69) is 25.8 Å². The number of benzene rings is 1. The zero-order valence-electron chi connectivity index (χ0n) is 17.7. The molecule has 2 aromatic heterocycles. The maximum absolute atomic E-state index is 12.2. The van der Waals surface area contributed by atoms with Crippen molar-refractivity contribution in [1.29, 1.82) is 0 Å². The van der Waals surface area contributed by atoms with E-state index in [9.17, 15) is 19.5 Å². The first-order chi connectivity index (χ1) is 15.7. The smallest absolute Gasteiger partial charge is 0.328 e. The highest BCUT2D eigenvalue weighted by Crippen LogP contribution is 2.23. The van der Waals surface area contributed by atoms with Crippen molar-refractivity contribution in [3.63, 3.8) is 0 Å². The minimum atomic E-state index is -1.57. The van der Waals surface area contributed by atoms with Gasteiger partial charge in [0.2, 0.25) is 11.8 Å². The molecule has 0 aliphatic carbocycles. The molecule has 0 spiro atoms. The summed E-state index contributed by atoms with van der Waals surface area (Å²) >= 11 is 0. The van der Waals surface area contributed by atoms with E-state index < -0.39 is 42.1 Å². The molecule has 0 radical (unpaired) electrons. The zero-order chi connectivity index (χ0) is 24.1. The number of carbonyl (C=O) groups excluding carboxylic acids is 2. The van der Waals surface area contributed by atoms with Gasteiger partial charge in [0.25, 0.3) is 0 Å². The highest BCUT2D eigenvalue weighted by molar-refractivity contribution is 5.84. The summed E-state index contributed by atoms with van der Waals surface area (Å²) in [4.78, 5) is 42.2. The van der Waals surface area contributed by atoms with Crippen LogP contribution in [0.15, 0.2) is 35.0 Å². The van der Waals surface area contributed by atoms with Gasteiger partial charge >= 0.3 is 12.0 Å². The number of aromatic nitrogens is 3. The number of hydrogen-bond donors (Lipinski definition) is 7. The Balaban J connectivity index is 1.72. The number of aliphatic hydroxyl groups excluding tert-OH is 1. The number of aromatic amines is 1. The molecule has 0 aliphatic rings. The number of primary amides is 1. The number of nitrogens with one attached hydrogen (secondary N) is 3. The molecule has 0 bridgehead atoms. The van der Waals surface area contributed by atoms with Crippen LogP contribution in [0.4, 0.5) is 4.79 Å². The molecule has 1 aromatic carbocycles. The molecule has 9 N–H and O–H groups in total. The lowest BCUT2D eigenvalue weighted by Gasteiger charge is -2.19. The summed E-state index contributed by atoms with van der Waals surface area (Å²) in [5, 5.41) is 27.9. The summed E-state index contributed by atoms with van der Waals surface area (Å²) < 4.78 is 5.19. The third kappa shape index (κ3) is 5.84. The normalized spacial score (nSPS) is 14.9. The van der Waals surface area contributed by atoms with Crippen molar-refractivity contribution in [3.05, 3.63) is 47.7 Å². The first kappa shape index (κ1) is 23.7. The Kier molecular flexibility index (Phi) is 7.25. The predicted octanol–water partition coefficient (Wildman–Crippen LogP) is -0.157. The number of nitrogens with zero attached hydrogens (tertiary/aromatic N) is 2. The van der Waals surface area contributed by atoms with E-state index in [1.165, 1.54) is 6.92 Å². The number of amides is 3. The molecule has 33 heavy (non-hydrogen) atoms. The van der Waals surface area contributed by atoms with Crippen LogP contribution in [0, 0.1) is 0 Å². The fourth-order valence-corrected chi connectivity index (χ4v) is 3.30. The molecule has 2 heterocycles. The largest absolute Gasteiger partial charge is 0.480 e. The number of aliphatic hydroxyl groups is 1. The van der Waals surface area contributed by atoms with Crippen molar-refractivity contribution >= 4 is 28.8 Å². The first-order valence-corrected chi connectivity index (χ1v) is 10.1. The van der Waals surface area contributed by atoms with Gasteiger partial charge < -0.3 is 41.8 Å². The monoisotopic (exact) mass is 459 g/mol. The Hall–Kier alpha value is -3.97. The minimum absolute atomic E-state index is 0.128. The van der Waals surface area contributed by atoms with E-state index in [1.807, 2.05) is 30.5 Å². The van der Waals surface area contributed by atoms with Crippen LogP contribution in [-0.2, 0) is 16.0 Å². The zero-order valence-corrected chi connectivity index (χ0v) is 17.7. The van der Waals surface area contributed by atoms with Gasteiger partial charge in [-0.3, -0.25) is 4.79 Å². The average molecular weight is 459 g/mol. The van der Waals surface area contributed by atoms with Crippen LogP contribution in [0.5, 0.6) is 0 Å². The molecule has 3 aromatic rings. The van der Waals surface area contributed by atoms with E-state index in [1.54, 1.807) is 0 Å². The molecule has 3 rings (SSSR count). The highest BCUT2D eigenvalue weighted by Gasteiger charge is 2.29. The van der Waals surface area contributed by atoms with E-state index in [0.717, 1.165) is 16.5 Å². The van der Waals surface area contributed by atoms with Gasteiger partial charge in [-0.1, -0.05) is 23.4 Å². The topological polar surface area (TPSA) is 222 Å². The number of fused-ring (bicyclic) bond motifs is 1. The molecule has 0 aliphatic heterocycles. The average Bonchev–Trinajstić information content (AvgIpc) is 3.39. The number of nitrogens with two attached hydrogens (primary N) is 2. The molecule has 0 unspecified atom stereocenters. The van der Waals surface area contributed by atoms with Crippen molar-refractivity contribution in [2.45, 2.75) is 44.0 Å². The minimum Gasteiger partial charge on any atom is -0.480 e. The summed E-state index contributed by atoms with van der Waals surface area (Å²) in [6.45, 7) is 1.21. The Morgan fingerprint density at radius 1 is 1.24 bits per heavy atom. The van der Waals surface area contributed by atoms with Gasteiger partial charge in [0.15, 0.2) is 11.9 Å². The maximum atomic E-state index is 12.2. The van der Waals surface area contributed by atoms with E-state index in [-0.39, 0.29) is 18.1 Å². The third-order valence-corrected chi connectivity index (χ3v) is 4.95. The SMILES string of the molecule is C[C@@H](O)[C@H](NC(=O)N[C@@H](CC(N)=O)c1nc([C@@H](N)Cc2c[nH]c3ccccc23)no1)C(=O)O. The van der Waals surface area contributed by atoms with Gasteiger partial charge in [0, 0.05) is 17.1 Å². The highest BCUT2D eigenvalue weighted by atomic mass is 16.5. The maximum Gasteiger partial charge on any atom is 0.328 e. The van der Waals surface area contributed by atoms with Crippen LogP contribution < -0.4 is 22.1 Å². The van der Waals surface area contributed by atoms with Crippen molar-refractivity contribution < 1.29 is 29.1 Å². The summed E-state index contributed by atoms with van der Waals surface area (Å²) in [6.07, 6.45) is 0.486. The molecule has 0 saturated carbocycles. The lowest BCUT2D eigenvalue weighted by atomic mass is 10.1. The second kappa shape index (κ2) is 10.1. The number of carboxylic acid groups (broad SMARTS) is 1. The number of aliphatic carboxylic acids is 1. The van der Waals surface area contributed by atoms with Crippen molar-refractivity contribution in [2.75, 3.05) is 0 Å². The number of carbonyl (C=O) groups is 3. The van der Waals surface area contributed by atoms with Crippen LogP contribution >= 0.6 is 0 Å². The molecule has 13 heteroatoms. The Bertz CT molecular complexity index is 1140. The van der Waals surface area contributed by atoms with E-state index in [0.29, 0.717) is 6.42 Å². The molecule has 176 valence electrons. The number of H-pyrrole nitrogens is 1. The van der Waals surface area contributed by atoms with Crippen LogP contribution in [-0.4, -0.2) is 55.4 Å². The first-order valence-electron chi connectivity index (χ1n) is 10.1. The molecule has 0 saturated heterocycles. The van der Waals surface area contributed by atoms with Crippen molar-refractivity contribution in [3.8, 4) is 0 Å². The molecular formula is C20H25N7O6. The molecule has 13 nitrogen and oxygen atoms in total. The van der Waals surface area contributed by atoms with Crippen LogP contribution in [0.2, 0.25) is 0 Å². The lowest BCUT2D eigenvalue weighted by molar-refractivity contribution is -0.141. The van der Waals surface area contributed by atoms with E-state index >= 15 is 0 Å². The van der Waals surface area contributed by atoms with Gasteiger partial charge in [0.05, 0.1) is 18.6 Å². The number of para-hydroxylation sites is 1. The predicted molar refractivity (Wildman–Crippen MR) is 115 cm³/mol. The number of carboxylic acids is 1. The number of rotatable bonds is 10. The van der Waals surface area contributed by atoms with E-state index in [4.69, 9.17) is 21.1 Å². The van der Waals surface area contributed by atoms with Crippen LogP contribution in [0.3, 0.4) is 0 Å². The summed E-state index contributed by atoms with van der Waals surface area (Å²) in [5.41, 5.74) is 13.4. The summed E-state index contributed by atoms with van der Waals surface area (Å²) in [6, 6.07) is 3.40. The van der Waals surface area contributed by atoms with Gasteiger partial charge in [-0.25, -0.2) is 9.59 Å². The van der Waals surface area contributed by atoms with Crippen molar-refractivity contribution in [2.24, 2.45) is 11.5 Å². The molecule has 4 atom stereocenters. The Morgan fingerprint density at radius 2 is 1.97 bits per heavy atom.